The molecule has 0 saturated carbocycles. The van der Waals surface area contributed by atoms with Gasteiger partial charge in [0.1, 0.15) is 6.04 Å². The van der Waals surface area contributed by atoms with Crippen molar-refractivity contribution in [1.29, 1.82) is 0 Å². The highest BCUT2D eigenvalue weighted by Gasteiger charge is 2.44. The molecule has 0 amide bonds. The van der Waals surface area contributed by atoms with Gasteiger partial charge < -0.3 is 14.4 Å². The highest BCUT2D eigenvalue weighted by atomic mass is 32.2. The predicted octanol–water partition coefficient (Wildman–Crippen LogP) is 2.28. The van der Waals surface area contributed by atoms with Crippen LogP contribution in [-0.4, -0.2) is 52.6 Å². The van der Waals surface area contributed by atoms with Gasteiger partial charge in [0.2, 0.25) is 15.8 Å². The lowest BCUT2D eigenvalue weighted by molar-refractivity contribution is -0.149. The molecular weight excluding hydrogens is 442 g/mol. The minimum absolute atomic E-state index is 0.0463. The largest absolute Gasteiger partial charge is 0.456 e. The number of rotatable bonds is 6. The van der Waals surface area contributed by atoms with E-state index in [9.17, 15) is 18.3 Å². The zero-order valence-corrected chi connectivity index (χ0v) is 18.5. The number of β-amino-alcohol motifs (C(OH)–C–C–N with tert-alkyl or cyclic N) is 1. The minimum Gasteiger partial charge on any atom is -0.456 e. The van der Waals surface area contributed by atoms with E-state index in [1.165, 1.54) is 17.4 Å². The molecular formula is C20H21N3O6S2. The van der Waals surface area contributed by atoms with Crippen LogP contribution in [0.4, 0.5) is 0 Å². The summed E-state index contributed by atoms with van der Waals surface area (Å²) in [6.45, 7) is 3.25. The molecule has 1 aliphatic rings. The SMILES string of the molecule is Cc1ccc(S(=O)(=O)N2CC(O)C[C@H]2C(=O)OCc2noc(-c3ccsc3)n2)cc1C. The summed E-state index contributed by atoms with van der Waals surface area (Å²) >= 11 is 1.48. The summed E-state index contributed by atoms with van der Waals surface area (Å²) in [6, 6.07) is 5.45. The smallest absolute Gasteiger partial charge is 0.325 e. The van der Waals surface area contributed by atoms with E-state index < -0.39 is 28.1 Å². The van der Waals surface area contributed by atoms with Gasteiger partial charge in [0.25, 0.3) is 5.89 Å². The van der Waals surface area contributed by atoms with Crippen LogP contribution in [0.5, 0.6) is 0 Å². The van der Waals surface area contributed by atoms with E-state index in [0.717, 1.165) is 21.0 Å². The van der Waals surface area contributed by atoms with Crippen LogP contribution in [0.25, 0.3) is 11.5 Å². The molecule has 1 unspecified atom stereocenters. The van der Waals surface area contributed by atoms with Gasteiger partial charge in [-0.05, 0) is 48.6 Å². The summed E-state index contributed by atoms with van der Waals surface area (Å²) in [5, 5.41) is 17.6. The van der Waals surface area contributed by atoms with Gasteiger partial charge in [-0.3, -0.25) is 4.79 Å². The third-order valence-corrected chi connectivity index (χ3v) is 7.72. The molecule has 2 atom stereocenters. The number of aliphatic hydroxyl groups is 1. The van der Waals surface area contributed by atoms with Crippen LogP contribution in [0, 0.1) is 13.8 Å². The van der Waals surface area contributed by atoms with Crippen LogP contribution in [-0.2, 0) is 26.2 Å². The molecule has 1 aromatic carbocycles. The van der Waals surface area contributed by atoms with Crippen LogP contribution in [0.1, 0.15) is 23.4 Å². The van der Waals surface area contributed by atoms with Crippen LogP contribution in [0.3, 0.4) is 0 Å². The highest BCUT2D eigenvalue weighted by Crippen LogP contribution is 2.28. The molecule has 0 radical (unpaired) electrons. The highest BCUT2D eigenvalue weighted by molar-refractivity contribution is 7.89. The molecule has 3 aromatic rings. The molecule has 3 heterocycles. The molecule has 2 aromatic heterocycles. The normalized spacial score (nSPS) is 19.6. The number of hydrogen-bond acceptors (Lipinski definition) is 9. The number of carbonyl (C=O) groups excluding carboxylic acids is 1. The number of carbonyl (C=O) groups is 1. The van der Waals surface area contributed by atoms with Crippen molar-refractivity contribution in [3.8, 4) is 11.5 Å². The standard InChI is InChI=1S/C20H21N3O6S2/c1-12-3-4-16(7-13(12)2)31(26,27)23-9-15(24)8-17(23)20(25)28-10-18-21-19(29-22-18)14-5-6-30-11-14/h3-7,11,15,17,24H,8-10H2,1-2H3/t15?,17-/m0/s1. The van der Waals surface area contributed by atoms with Gasteiger partial charge in [0.05, 0.1) is 16.6 Å². The lowest BCUT2D eigenvalue weighted by Gasteiger charge is -2.22. The zero-order chi connectivity index (χ0) is 22.2. The Bertz CT molecular complexity index is 1190. The Kier molecular flexibility index (Phi) is 5.93. The molecule has 1 N–H and O–H groups in total. The quantitative estimate of drug-likeness (QED) is 0.553. The molecule has 9 nitrogen and oxygen atoms in total. The maximum absolute atomic E-state index is 13.1. The number of aryl methyl sites for hydroxylation is 2. The van der Waals surface area contributed by atoms with E-state index in [4.69, 9.17) is 9.26 Å². The summed E-state index contributed by atoms with van der Waals surface area (Å²) in [5.74, 6) is -0.301. The van der Waals surface area contributed by atoms with Crippen LogP contribution >= 0.6 is 11.3 Å². The van der Waals surface area contributed by atoms with E-state index in [-0.39, 0.29) is 30.3 Å². The van der Waals surface area contributed by atoms with Crippen molar-refractivity contribution in [2.75, 3.05) is 6.54 Å². The number of esters is 1. The molecule has 1 aliphatic heterocycles. The number of benzene rings is 1. The van der Waals surface area contributed by atoms with Crippen molar-refractivity contribution in [3.63, 3.8) is 0 Å². The Labute approximate surface area is 183 Å². The summed E-state index contributed by atoms with van der Waals surface area (Å²) < 4.78 is 37.7. The average molecular weight is 464 g/mol. The fraction of sp³-hybridized carbons (Fsp3) is 0.350. The van der Waals surface area contributed by atoms with Crippen LogP contribution in [0.2, 0.25) is 0 Å². The Hall–Kier alpha value is -2.60. The summed E-state index contributed by atoms with van der Waals surface area (Å²) in [6.07, 6.45) is -1.01. The van der Waals surface area contributed by atoms with Crippen molar-refractivity contribution < 1.29 is 27.6 Å². The first-order valence-corrected chi connectivity index (χ1v) is 11.9. The maximum atomic E-state index is 13.1. The summed E-state index contributed by atoms with van der Waals surface area (Å²) in [4.78, 5) is 16.9. The molecule has 11 heteroatoms. The van der Waals surface area contributed by atoms with Gasteiger partial charge in [-0.2, -0.15) is 20.6 Å². The monoisotopic (exact) mass is 463 g/mol. The molecule has 1 saturated heterocycles. The molecule has 0 spiro atoms. The lowest BCUT2D eigenvalue weighted by Crippen LogP contribution is -2.41. The minimum atomic E-state index is -3.99. The molecule has 164 valence electrons. The number of ether oxygens (including phenoxy) is 1. The Balaban J connectivity index is 1.48. The van der Waals surface area contributed by atoms with E-state index in [2.05, 4.69) is 10.1 Å². The fourth-order valence-electron chi connectivity index (χ4n) is 3.32. The second kappa shape index (κ2) is 8.50. The topological polar surface area (TPSA) is 123 Å². The molecule has 1 fully saturated rings. The molecule has 31 heavy (non-hydrogen) atoms. The van der Waals surface area contributed by atoms with Gasteiger partial charge in [0, 0.05) is 18.3 Å². The Morgan fingerprint density at radius 3 is 2.84 bits per heavy atom. The number of nitrogens with zero attached hydrogens (tertiary/aromatic N) is 3. The van der Waals surface area contributed by atoms with Gasteiger partial charge in [-0.1, -0.05) is 11.2 Å². The Morgan fingerprint density at radius 1 is 1.32 bits per heavy atom. The van der Waals surface area contributed by atoms with Gasteiger partial charge >= 0.3 is 5.97 Å². The van der Waals surface area contributed by atoms with Crippen molar-refractivity contribution in [3.05, 3.63) is 52.0 Å². The van der Waals surface area contributed by atoms with E-state index in [0.29, 0.717) is 5.89 Å². The average Bonchev–Trinajstić information content (AvgIpc) is 3.48. The first kappa shape index (κ1) is 21.6. The second-order valence-corrected chi connectivity index (χ2v) is 10.0. The van der Waals surface area contributed by atoms with E-state index >= 15 is 0 Å². The van der Waals surface area contributed by atoms with Gasteiger partial charge in [-0.25, -0.2) is 8.42 Å². The van der Waals surface area contributed by atoms with Crippen molar-refractivity contribution in [1.82, 2.24) is 14.4 Å². The fourth-order valence-corrected chi connectivity index (χ4v) is 5.66. The number of hydrogen-bond donors (Lipinski definition) is 1. The van der Waals surface area contributed by atoms with E-state index in [1.807, 2.05) is 30.7 Å². The summed E-state index contributed by atoms with van der Waals surface area (Å²) in [7, 11) is -3.99. The van der Waals surface area contributed by atoms with Crippen LogP contribution < -0.4 is 0 Å². The zero-order valence-electron chi connectivity index (χ0n) is 16.9. The van der Waals surface area contributed by atoms with Gasteiger partial charge in [0.15, 0.2) is 6.61 Å². The lowest BCUT2D eigenvalue weighted by atomic mass is 10.1. The number of thiophene rings is 1. The van der Waals surface area contributed by atoms with Gasteiger partial charge in [-0.15, -0.1) is 0 Å². The van der Waals surface area contributed by atoms with Crippen molar-refractivity contribution in [2.24, 2.45) is 0 Å². The van der Waals surface area contributed by atoms with Crippen molar-refractivity contribution >= 4 is 27.3 Å². The number of aromatic nitrogens is 2. The molecule has 0 aliphatic carbocycles. The second-order valence-electron chi connectivity index (χ2n) is 7.36. The first-order valence-electron chi connectivity index (χ1n) is 9.54. The molecule has 0 bridgehead atoms. The van der Waals surface area contributed by atoms with Crippen LogP contribution in [0.15, 0.2) is 44.4 Å². The molecule has 4 rings (SSSR count). The third-order valence-electron chi connectivity index (χ3n) is 5.17. The maximum Gasteiger partial charge on any atom is 0.325 e. The third kappa shape index (κ3) is 4.40. The Morgan fingerprint density at radius 2 is 2.13 bits per heavy atom. The number of aliphatic hydroxyl groups excluding tert-OH is 1. The predicted molar refractivity (Wildman–Crippen MR) is 112 cm³/mol. The number of sulfonamides is 1. The van der Waals surface area contributed by atoms with E-state index in [1.54, 1.807) is 12.1 Å². The summed E-state index contributed by atoms with van der Waals surface area (Å²) in [5.41, 5.74) is 2.54. The van der Waals surface area contributed by atoms with Crippen molar-refractivity contribution in [2.45, 2.75) is 43.9 Å². The first-order chi connectivity index (χ1) is 14.8.